The van der Waals surface area contributed by atoms with Crippen molar-refractivity contribution in [3.63, 3.8) is 0 Å². The molecule has 0 saturated carbocycles. The summed E-state index contributed by atoms with van der Waals surface area (Å²) in [5, 5.41) is 0. The van der Waals surface area contributed by atoms with Crippen LogP contribution in [0.1, 0.15) is 40.7 Å². The van der Waals surface area contributed by atoms with Crippen LogP contribution in [0.5, 0.6) is 0 Å². The molecule has 4 aliphatic rings. The van der Waals surface area contributed by atoms with Gasteiger partial charge in [0.15, 0.2) is 0 Å². The maximum absolute atomic E-state index is 4.35. The van der Waals surface area contributed by atoms with E-state index in [1.807, 2.05) is 0 Å². The average Bonchev–Trinajstić information content (AvgIpc) is 3.54. The molecule has 39 heavy (non-hydrogen) atoms. The molecule has 0 spiro atoms. The molecule has 186 valence electrons. The van der Waals surface area contributed by atoms with Crippen LogP contribution in [-0.2, 0) is 12.8 Å². The lowest BCUT2D eigenvalue weighted by atomic mass is 9.90. The van der Waals surface area contributed by atoms with Crippen LogP contribution in [0.15, 0.2) is 128 Å². The number of nitrogens with zero attached hydrogens (tertiary/aromatic N) is 1. The topological polar surface area (TPSA) is 3.24 Å². The van der Waals surface area contributed by atoms with Gasteiger partial charge >= 0.3 is 0 Å². The summed E-state index contributed by atoms with van der Waals surface area (Å²) >= 11 is 0. The van der Waals surface area contributed by atoms with Crippen LogP contribution >= 0.6 is 0 Å². The fourth-order valence-corrected chi connectivity index (χ4v) is 6.89. The highest BCUT2D eigenvalue weighted by Crippen LogP contribution is 2.50. The van der Waals surface area contributed by atoms with Gasteiger partial charge in [0.25, 0.3) is 0 Å². The third kappa shape index (κ3) is 3.47. The fraction of sp³-hybridized carbons (Fsp3) is 0.105. The Bertz CT molecular complexity index is 1820. The minimum absolute atomic E-state index is 0.959. The normalized spacial score (nSPS) is 18.1. The van der Waals surface area contributed by atoms with E-state index in [1.54, 1.807) is 0 Å². The van der Waals surface area contributed by atoms with Crippen LogP contribution in [0, 0.1) is 0 Å². The first-order chi connectivity index (χ1) is 19.3. The lowest BCUT2D eigenvalue weighted by molar-refractivity contribution is 1.02. The number of rotatable bonds is 2. The molecule has 1 heteroatoms. The Kier molecular flexibility index (Phi) is 5.00. The van der Waals surface area contributed by atoms with Crippen molar-refractivity contribution in [3.05, 3.63) is 155 Å². The Morgan fingerprint density at radius 1 is 0.615 bits per heavy atom. The second-order valence-corrected chi connectivity index (χ2v) is 10.9. The van der Waals surface area contributed by atoms with Crippen LogP contribution in [0.25, 0.3) is 33.4 Å². The number of hydrogen-bond donors (Lipinski definition) is 0. The third-order valence-electron chi connectivity index (χ3n) is 8.67. The lowest BCUT2D eigenvalue weighted by Gasteiger charge is -2.27. The molecule has 0 saturated heterocycles. The first kappa shape index (κ1) is 22.4. The molecule has 0 fully saturated rings. The summed E-state index contributed by atoms with van der Waals surface area (Å²) in [6.45, 7) is 4.35. The van der Waals surface area contributed by atoms with E-state index < -0.39 is 0 Å². The van der Waals surface area contributed by atoms with Crippen LogP contribution in [-0.4, -0.2) is 0 Å². The van der Waals surface area contributed by atoms with Crippen molar-refractivity contribution in [1.29, 1.82) is 0 Å². The molecule has 0 radical (unpaired) electrons. The Labute approximate surface area is 230 Å². The highest BCUT2D eigenvalue weighted by molar-refractivity contribution is 6.00. The molecule has 1 aliphatic heterocycles. The Balaban J connectivity index is 1.32. The van der Waals surface area contributed by atoms with Crippen molar-refractivity contribution in [2.75, 3.05) is 4.90 Å². The number of para-hydroxylation sites is 1. The molecular weight excluding hydrogens is 470 g/mol. The van der Waals surface area contributed by atoms with E-state index in [0.717, 1.165) is 36.1 Å². The van der Waals surface area contributed by atoms with E-state index in [-0.39, 0.29) is 0 Å². The van der Waals surface area contributed by atoms with Crippen LogP contribution in [0.4, 0.5) is 11.4 Å². The highest BCUT2D eigenvalue weighted by Gasteiger charge is 2.29. The first-order valence-corrected chi connectivity index (χ1v) is 14.0. The van der Waals surface area contributed by atoms with Gasteiger partial charge in [-0.25, -0.2) is 0 Å². The van der Waals surface area contributed by atoms with Gasteiger partial charge in [-0.05, 0) is 106 Å². The van der Waals surface area contributed by atoms with Crippen LogP contribution in [0.2, 0.25) is 0 Å². The molecule has 1 heterocycles. The number of anilines is 2. The van der Waals surface area contributed by atoms with Crippen molar-refractivity contribution in [1.82, 2.24) is 0 Å². The third-order valence-corrected chi connectivity index (χ3v) is 8.67. The summed E-state index contributed by atoms with van der Waals surface area (Å²) < 4.78 is 0. The highest BCUT2D eigenvalue weighted by atomic mass is 15.1. The molecule has 0 N–H and O–H groups in total. The van der Waals surface area contributed by atoms with Crippen molar-refractivity contribution < 1.29 is 0 Å². The van der Waals surface area contributed by atoms with Gasteiger partial charge in [-0.15, -0.1) is 0 Å². The number of hydrogen-bond acceptors (Lipinski definition) is 1. The number of fused-ring (bicyclic) bond motifs is 7. The molecule has 0 bridgehead atoms. The molecule has 1 nitrogen and oxygen atoms in total. The van der Waals surface area contributed by atoms with Gasteiger partial charge in [-0.2, -0.15) is 0 Å². The summed E-state index contributed by atoms with van der Waals surface area (Å²) in [6.07, 6.45) is 17.7. The molecule has 0 amide bonds. The number of allylic oxidation sites excluding steroid dienone is 8. The monoisotopic (exact) mass is 499 g/mol. The van der Waals surface area contributed by atoms with Crippen LogP contribution < -0.4 is 4.90 Å². The minimum atomic E-state index is 0.959. The number of benzene rings is 4. The molecule has 4 aromatic rings. The Hall–Kier alpha value is -4.62. The summed E-state index contributed by atoms with van der Waals surface area (Å²) in [5.74, 6) is 0. The SMILES string of the molecule is C=C1/C=C\C=C/N(c2cccc3c2-c2c(cccc2-c2ccc4c(c2)C2=CCCC=C2C4)C3)c2ccccc21. The van der Waals surface area contributed by atoms with Crippen LogP contribution in [0.3, 0.4) is 0 Å². The van der Waals surface area contributed by atoms with E-state index in [4.69, 9.17) is 0 Å². The quantitative estimate of drug-likeness (QED) is 0.234. The maximum Gasteiger partial charge on any atom is 0.0537 e. The van der Waals surface area contributed by atoms with Gasteiger partial charge in [0.2, 0.25) is 0 Å². The second-order valence-electron chi connectivity index (χ2n) is 10.9. The van der Waals surface area contributed by atoms with Gasteiger partial charge in [0.1, 0.15) is 0 Å². The van der Waals surface area contributed by atoms with Crippen molar-refractivity contribution >= 4 is 22.5 Å². The summed E-state index contributed by atoms with van der Waals surface area (Å²) in [5.41, 5.74) is 18.5. The van der Waals surface area contributed by atoms with Gasteiger partial charge in [-0.3, -0.25) is 0 Å². The van der Waals surface area contributed by atoms with Crippen molar-refractivity contribution in [2.45, 2.75) is 25.7 Å². The van der Waals surface area contributed by atoms with E-state index in [2.05, 4.69) is 127 Å². The van der Waals surface area contributed by atoms with Gasteiger partial charge in [0, 0.05) is 17.3 Å². The summed E-state index contributed by atoms with van der Waals surface area (Å²) in [4.78, 5) is 2.35. The zero-order chi connectivity index (χ0) is 25.9. The van der Waals surface area contributed by atoms with Gasteiger partial charge < -0.3 is 4.90 Å². The molecule has 0 aromatic heterocycles. The zero-order valence-corrected chi connectivity index (χ0v) is 22.0. The van der Waals surface area contributed by atoms with Crippen molar-refractivity contribution in [3.8, 4) is 22.3 Å². The van der Waals surface area contributed by atoms with E-state index in [1.165, 1.54) is 67.8 Å². The smallest absolute Gasteiger partial charge is 0.0537 e. The fourth-order valence-electron chi connectivity index (χ4n) is 6.89. The van der Waals surface area contributed by atoms with E-state index >= 15 is 0 Å². The van der Waals surface area contributed by atoms with Gasteiger partial charge in [-0.1, -0.05) is 91.5 Å². The summed E-state index contributed by atoms with van der Waals surface area (Å²) in [7, 11) is 0. The standard InChI is InChI=1S/C38H29N/c1-25-10-6-7-21-39(35-17-5-4-14-31(25)35)36-18-9-13-30-23-29-12-8-16-33(37(29)38(30)36)28-20-19-27-22-26-11-2-3-15-32(26)34(27)24-28/h4-21,24H,1-3,22-23H2/b10-6-,21-7-. The summed E-state index contributed by atoms with van der Waals surface area (Å²) in [6, 6.07) is 29.4. The molecule has 0 unspecified atom stereocenters. The molecule has 4 aromatic carbocycles. The molecule has 0 atom stereocenters. The Morgan fingerprint density at radius 3 is 2.36 bits per heavy atom. The maximum atomic E-state index is 4.35. The van der Waals surface area contributed by atoms with E-state index in [0.29, 0.717) is 0 Å². The van der Waals surface area contributed by atoms with Crippen molar-refractivity contribution in [2.24, 2.45) is 0 Å². The van der Waals surface area contributed by atoms with E-state index in [9.17, 15) is 0 Å². The first-order valence-electron chi connectivity index (χ1n) is 14.0. The minimum Gasteiger partial charge on any atom is -0.316 e. The largest absolute Gasteiger partial charge is 0.316 e. The Morgan fingerprint density at radius 2 is 1.41 bits per heavy atom. The zero-order valence-electron chi connectivity index (χ0n) is 22.0. The molecule has 3 aliphatic carbocycles. The average molecular weight is 500 g/mol. The predicted octanol–water partition coefficient (Wildman–Crippen LogP) is 9.82. The lowest BCUT2D eigenvalue weighted by Crippen LogP contribution is -2.12. The molecular formula is C38H29N. The second kappa shape index (κ2) is 8.71. The predicted molar refractivity (Wildman–Crippen MR) is 165 cm³/mol. The van der Waals surface area contributed by atoms with Gasteiger partial charge in [0.05, 0.1) is 11.4 Å². The molecule has 8 rings (SSSR count).